The third-order valence-corrected chi connectivity index (χ3v) is 3.72. The Morgan fingerprint density at radius 1 is 1.18 bits per heavy atom. The maximum atomic E-state index is 11.2. The summed E-state index contributed by atoms with van der Waals surface area (Å²) >= 11 is 2.26. The Bertz CT molecular complexity index is 682. The molecule has 0 amide bonds. The highest BCUT2D eigenvalue weighted by molar-refractivity contribution is 14.1. The predicted molar refractivity (Wildman–Crippen MR) is 94.5 cm³/mol. The molecule has 4 nitrogen and oxygen atoms in total. The van der Waals surface area contributed by atoms with Gasteiger partial charge < -0.3 is 14.6 Å². The van der Waals surface area contributed by atoms with Crippen LogP contribution in [0.5, 0.6) is 11.5 Å². The summed E-state index contributed by atoms with van der Waals surface area (Å²) in [5.74, 6) is 0.504. The fourth-order valence-electron chi connectivity index (χ4n) is 2.24. The van der Waals surface area contributed by atoms with Crippen molar-refractivity contribution in [3.05, 3.63) is 47.5 Å². The number of carboxylic acid groups (broad SMARTS) is 1. The van der Waals surface area contributed by atoms with E-state index < -0.39 is 5.97 Å². The van der Waals surface area contributed by atoms with Crippen LogP contribution >= 0.6 is 22.6 Å². The molecule has 0 saturated carbocycles. The van der Waals surface area contributed by atoms with Crippen LogP contribution in [0.2, 0.25) is 0 Å². The number of hydrogen-bond acceptors (Lipinski definition) is 3. The number of carboxylic acids is 1. The first-order chi connectivity index (χ1) is 10.6. The molecular formula is C17H17IO4. The molecule has 0 radical (unpaired) electrons. The first kappa shape index (κ1) is 16.6. The monoisotopic (exact) mass is 412 g/mol. The second-order valence-corrected chi connectivity index (χ2v) is 5.81. The highest BCUT2D eigenvalue weighted by Gasteiger charge is 2.13. The van der Waals surface area contributed by atoms with Gasteiger partial charge in [-0.25, -0.2) is 4.79 Å². The third-order valence-electron chi connectivity index (χ3n) is 3.28. The summed E-state index contributed by atoms with van der Waals surface area (Å²) in [5, 5.41) is 9.17. The van der Waals surface area contributed by atoms with Crippen molar-refractivity contribution in [1.29, 1.82) is 0 Å². The Morgan fingerprint density at radius 2 is 1.95 bits per heavy atom. The van der Waals surface area contributed by atoms with Gasteiger partial charge in [0, 0.05) is 9.99 Å². The molecule has 0 heterocycles. The van der Waals surface area contributed by atoms with E-state index in [-0.39, 0.29) is 5.56 Å². The second kappa shape index (κ2) is 7.49. The van der Waals surface area contributed by atoms with Crippen LogP contribution < -0.4 is 9.47 Å². The lowest BCUT2D eigenvalue weighted by atomic mass is 9.97. The smallest absolute Gasteiger partial charge is 0.335 e. The Hall–Kier alpha value is -1.76. The topological polar surface area (TPSA) is 55.8 Å². The first-order valence-electron chi connectivity index (χ1n) is 6.78. The average molecular weight is 412 g/mol. The molecule has 116 valence electrons. The Balaban J connectivity index is 2.46. The van der Waals surface area contributed by atoms with Gasteiger partial charge in [-0.3, -0.25) is 0 Å². The molecule has 0 aromatic heterocycles. The van der Waals surface area contributed by atoms with E-state index in [0.717, 1.165) is 26.9 Å². The molecule has 1 N–H and O–H groups in total. The van der Waals surface area contributed by atoms with Crippen LogP contribution in [0.25, 0.3) is 11.1 Å². The van der Waals surface area contributed by atoms with Crippen LogP contribution in [0.1, 0.15) is 15.9 Å². The van der Waals surface area contributed by atoms with E-state index in [2.05, 4.69) is 22.6 Å². The largest absolute Gasteiger partial charge is 0.496 e. The molecule has 2 rings (SSSR count). The minimum Gasteiger partial charge on any atom is -0.496 e. The van der Waals surface area contributed by atoms with Crippen LogP contribution in [0.4, 0.5) is 0 Å². The lowest BCUT2D eigenvalue weighted by molar-refractivity contribution is 0.0697. The molecule has 22 heavy (non-hydrogen) atoms. The number of halogens is 1. The molecule has 2 aromatic rings. The zero-order valence-electron chi connectivity index (χ0n) is 12.4. The number of aryl methyl sites for hydroxylation is 1. The van der Waals surface area contributed by atoms with Gasteiger partial charge in [0.2, 0.25) is 0 Å². The lowest BCUT2D eigenvalue weighted by Gasteiger charge is -2.13. The number of ether oxygens (including phenoxy) is 2. The Labute approximate surface area is 143 Å². The maximum Gasteiger partial charge on any atom is 0.335 e. The number of methoxy groups -OCH3 is 1. The minimum atomic E-state index is -0.955. The highest BCUT2D eigenvalue weighted by Crippen LogP contribution is 2.34. The van der Waals surface area contributed by atoms with Crippen LogP contribution in [-0.4, -0.2) is 29.2 Å². The van der Waals surface area contributed by atoms with Gasteiger partial charge in [-0.1, -0.05) is 28.7 Å². The molecule has 0 aliphatic rings. The summed E-state index contributed by atoms with van der Waals surface area (Å²) in [7, 11) is 1.58. The van der Waals surface area contributed by atoms with Gasteiger partial charge in [-0.15, -0.1) is 0 Å². The number of aromatic carboxylic acids is 1. The Morgan fingerprint density at radius 3 is 2.55 bits per heavy atom. The molecular weight excluding hydrogens is 395 g/mol. The fraction of sp³-hybridized carbons (Fsp3) is 0.235. The van der Waals surface area contributed by atoms with Gasteiger partial charge in [0.15, 0.2) is 0 Å². The average Bonchev–Trinajstić information content (AvgIpc) is 2.52. The number of hydrogen-bond donors (Lipinski definition) is 1. The molecule has 2 aromatic carbocycles. The lowest BCUT2D eigenvalue weighted by Crippen LogP contribution is -2.00. The van der Waals surface area contributed by atoms with E-state index in [4.69, 9.17) is 14.6 Å². The van der Waals surface area contributed by atoms with Crippen molar-refractivity contribution in [2.45, 2.75) is 6.92 Å². The predicted octanol–water partition coefficient (Wildman–Crippen LogP) is 4.18. The van der Waals surface area contributed by atoms with Gasteiger partial charge in [0.25, 0.3) is 0 Å². The van der Waals surface area contributed by atoms with E-state index >= 15 is 0 Å². The number of alkyl halides is 1. The van der Waals surface area contributed by atoms with Gasteiger partial charge >= 0.3 is 5.97 Å². The van der Waals surface area contributed by atoms with Crippen molar-refractivity contribution < 1.29 is 19.4 Å². The quantitative estimate of drug-likeness (QED) is 0.572. The zero-order chi connectivity index (χ0) is 16.1. The normalized spacial score (nSPS) is 10.3. The van der Waals surface area contributed by atoms with Crippen molar-refractivity contribution >= 4 is 28.6 Å². The van der Waals surface area contributed by atoms with E-state index in [9.17, 15) is 4.79 Å². The van der Waals surface area contributed by atoms with Crippen molar-refractivity contribution in [3.8, 4) is 22.6 Å². The van der Waals surface area contributed by atoms with E-state index in [1.807, 2.05) is 25.1 Å². The van der Waals surface area contributed by atoms with E-state index in [0.29, 0.717) is 12.4 Å². The third kappa shape index (κ3) is 3.71. The van der Waals surface area contributed by atoms with Gasteiger partial charge in [-0.2, -0.15) is 0 Å². The fourth-order valence-corrected chi connectivity index (χ4v) is 2.46. The van der Waals surface area contributed by atoms with E-state index in [1.54, 1.807) is 19.2 Å². The Kier molecular flexibility index (Phi) is 5.65. The van der Waals surface area contributed by atoms with Crippen molar-refractivity contribution in [2.75, 3.05) is 18.1 Å². The summed E-state index contributed by atoms with van der Waals surface area (Å²) in [5.41, 5.74) is 2.94. The molecule has 0 atom stereocenters. The number of benzene rings is 2. The molecule has 0 saturated heterocycles. The van der Waals surface area contributed by atoms with Crippen molar-refractivity contribution in [1.82, 2.24) is 0 Å². The standard InChI is InChI=1S/C17H17IO4/c1-11-9-13(22-8-7-18)4-5-14(11)15-10-12(17(19)20)3-6-16(15)21-2/h3-6,9-10H,7-8H2,1-2H3,(H,19,20). The number of carbonyl (C=O) groups is 1. The molecule has 0 unspecified atom stereocenters. The summed E-state index contributed by atoms with van der Waals surface area (Å²) in [6.07, 6.45) is 0. The molecule has 0 aliphatic carbocycles. The molecule has 0 bridgehead atoms. The van der Waals surface area contributed by atoms with Gasteiger partial charge in [0.05, 0.1) is 19.3 Å². The summed E-state index contributed by atoms with van der Waals surface area (Å²) in [6.45, 7) is 2.64. The SMILES string of the molecule is COc1ccc(C(=O)O)cc1-c1ccc(OCCI)cc1C. The minimum absolute atomic E-state index is 0.237. The molecule has 0 spiro atoms. The molecule has 5 heteroatoms. The highest BCUT2D eigenvalue weighted by atomic mass is 127. The van der Waals surface area contributed by atoms with Gasteiger partial charge in [0.1, 0.15) is 11.5 Å². The van der Waals surface area contributed by atoms with Gasteiger partial charge in [-0.05, 0) is 48.4 Å². The number of rotatable bonds is 6. The zero-order valence-corrected chi connectivity index (χ0v) is 14.6. The van der Waals surface area contributed by atoms with Crippen LogP contribution in [0.15, 0.2) is 36.4 Å². The second-order valence-electron chi connectivity index (χ2n) is 4.73. The van der Waals surface area contributed by atoms with Crippen LogP contribution in [-0.2, 0) is 0 Å². The van der Waals surface area contributed by atoms with Crippen LogP contribution in [0, 0.1) is 6.92 Å². The maximum absolute atomic E-state index is 11.2. The van der Waals surface area contributed by atoms with E-state index in [1.165, 1.54) is 6.07 Å². The van der Waals surface area contributed by atoms with Crippen molar-refractivity contribution in [3.63, 3.8) is 0 Å². The summed E-state index contributed by atoms with van der Waals surface area (Å²) in [6, 6.07) is 10.6. The molecule has 0 aliphatic heterocycles. The summed E-state index contributed by atoms with van der Waals surface area (Å²) in [4.78, 5) is 11.2. The summed E-state index contributed by atoms with van der Waals surface area (Å²) < 4.78 is 11.9. The van der Waals surface area contributed by atoms with Crippen LogP contribution in [0.3, 0.4) is 0 Å². The molecule has 0 fully saturated rings. The van der Waals surface area contributed by atoms with Crippen molar-refractivity contribution in [2.24, 2.45) is 0 Å². The first-order valence-corrected chi connectivity index (χ1v) is 8.30.